The van der Waals surface area contributed by atoms with Crippen LogP contribution in [-0.2, 0) is 9.59 Å². The van der Waals surface area contributed by atoms with Crippen molar-refractivity contribution in [3.63, 3.8) is 0 Å². The fourth-order valence-electron chi connectivity index (χ4n) is 2.19. The van der Waals surface area contributed by atoms with Crippen LogP contribution in [0.5, 0.6) is 0 Å². The van der Waals surface area contributed by atoms with E-state index in [0.717, 1.165) is 0 Å². The van der Waals surface area contributed by atoms with E-state index >= 15 is 0 Å². The molecule has 0 aromatic rings. The predicted molar refractivity (Wildman–Crippen MR) is 61.4 cm³/mol. The maximum absolute atomic E-state index is 12.6. The van der Waals surface area contributed by atoms with Gasteiger partial charge in [-0.2, -0.15) is 13.2 Å². The van der Waals surface area contributed by atoms with Gasteiger partial charge in [-0.1, -0.05) is 6.42 Å². The molecule has 4 nitrogen and oxygen atoms in total. The van der Waals surface area contributed by atoms with E-state index in [1.54, 1.807) is 0 Å². The number of carbonyl (C=O) groups excluding carboxylic acids is 1. The van der Waals surface area contributed by atoms with E-state index in [9.17, 15) is 22.8 Å². The minimum atomic E-state index is -4.29. The molecule has 2 N–H and O–H groups in total. The van der Waals surface area contributed by atoms with E-state index in [4.69, 9.17) is 5.11 Å². The van der Waals surface area contributed by atoms with Gasteiger partial charge in [0, 0.05) is 5.92 Å². The first-order chi connectivity index (χ1) is 8.54. The van der Waals surface area contributed by atoms with Gasteiger partial charge < -0.3 is 10.4 Å². The second-order valence-corrected chi connectivity index (χ2v) is 5.52. The van der Waals surface area contributed by atoms with Gasteiger partial charge in [0.25, 0.3) is 0 Å². The summed E-state index contributed by atoms with van der Waals surface area (Å²) in [6, 6.07) is 0. The third kappa shape index (κ3) is 4.11. The molecule has 1 saturated carbocycles. The maximum atomic E-state index is 12.6. The van der Waals surface area contributed by atoms with Gasteiger partial charge in [-0.3, -0.25) is 4.79 Å². The molecule has 0 bridgehead atoms. The van der Waals surface area contributed by atoms with Crippen molar-refractivity contribution in [1.82, 2.24) is 5.32 Å². The number of hydrogen-bond acceptors (Lipinski definition) is 2. The van der Waals surface area contributed by atoms with Crippen LogP contribution in [0.1, 0.15) is 39.5 Å². The number of rotatable bonds is 3. The van der Waals surface area contributed by atoms with Gasteiger partial charge in [0.1, 0.15) is 5.54 Å². The molecule has 1 amide bonds. The highest BCUT2D eigenvalue weighted by Gasteiger charge is 2.44. The molecule has 0 aliphatic heterocycles. The molecular formula is C12H18F3NO3. The first-order valence-corrected chi connectivity index (χ1v) is 6.16. The molecule has 0 unspecified atom stereocenters. The zero-order valence-electron chi connectivity index (χ0n) is 10.9. The average molecular weight is 281 g/mol. The first kappa shape index (κ1) is 15.8. The van der Waals surface area contributed by atoms with Crippen LogP contribution in [0.2, 0.25) is 0 Å². The second-order valence-electron chi connectivity index (χ2n) is 5.52. The molecule has 1 aliphatic rings. The van der Waals surface area contributed by atoms with E-state index in [0.29, 0.717) is 12.8 Å². The summed E-state index contributed by atoms with van der Waals surface area (Å²) < 4.78 is 37.9. The Morgan fingerprint density at radius 1 is 1.21 bits per heavy atom. The highest BCUT2D eigenvalue weighted by Crippen LogP contribution is 2.40. The van der Waals surface area contributed by atoms with Gasteiger partial charge in [0.2, 0.25) is 5.91 Å². The van der Waals surface area contributed by atoms with Crippen LogP contribution in [0.3, 0.4) is 0 Å². The van der Waals surface area contributed by atoms with Gasteiger partial charge >= 0.3 is 12.1 Å². The number of carboxylic acids is 1. The van der Waals surface area contributed by atoms with Gasteiger partial charge in [0.05, 0.1) is 5.92 Å². The van der Waals surface area contributed by atoms with Crippen LogP contribution in [-0.4, -0.2) is 28.7 Å². The normalized spacial score (nSPS) is 24.9. The smallest absolute Gasteiger partial charge is 0.391 e. The van der Waals surface area contributed by atoms with Crippen molar-refractivity contribution in [3.8, 4) is 0 Å². The summed E-state index contributed by atoms with van der Waals surface area (Å²) in [5.41, 5.74) is -1.47. The summed E-state index contributed by atoms with van der Waals surface area (Å²) in [5.74, 6) is -4.06. The van der Waals surface area contributed by atoms with Crippen LogP contribution >= 0.6 is 0 Å². The van der Waals surface area contributed by atoms with Crippen molar-refractivity contribution in [2.75, 3.05) is 0 Å². The Hall–Kier alpha value is -1.27. The van der Waals surface area contributed by atoms with E-state index in [-0.39, 0.29) is 12.8 Å². The minimum absolute atomic E-state index is 0.0373. The highest BCUT2D eigenvalue weighted by atomic mass is 19.4. The zero-order valence-corrected chi connectivity index (χ0v) is 10.9. The predicted octanol–water partition coefficient (Wildman–Crippen LogP) is 2.33. The molecule has 0 aromatic carbocycles. The lowest BCUT2D eigenvalue weighted by Crippen LogP contribution is -2.52. The zero-order chi connectivity index (χ0) is 14.8. The number of amides is 1. The van der Waals surface area contributed by atoms with Gasteiger partial charge in [-0.25, -0.2) is 4.79 Å². The highest BCUT2D eigenvalue weighted by molar-refractivity contribution is 5.87. The van der Waals surface area contributed by atoms with Gasteiger partial charge in [-0.05, 0) is 33.1 Å². The number of halogens is 3. The Balaban J connectivity index is 2.65. The van der Waals surface area contributed by atoms with Crippen molar-refractivity contribution < 1.29 is 27.9 Å². The number of carboxylic acid groups (broad SMARTS) is 1. The summed E-state index contributed by atoms with van der Waals surface area (Å²) >= 11 is 0. The molecule has 0 spiro atoms. The van der Waals surface area contributed by atoms with Crippen molar-refractivity contribution in [2.45, 2.75) is 51.2 Å². The number of alkyl halides is 3. The summed E-state index contributed by atoms with van der Waals surface area (Å²) in [6.45, 7) is 2.61. The van der Waals surface area contributed by atoms with Crippen LogP contribution in [0.4, 0.5) is 13.2 Å². The molecule has 0 heterocycles. The van der Waals surface area contributed by atoms with Gasteiger partial charge in [0.15, 0.2) is 0 Å². The molecule has 110 valence electrons. The molecule has 0 radical (unpaired) electrons. The topological polar surface area (TPSA) is 66.4 Å². The average Bonchev–Trinajstić information content (AvgIpc) is 2.27. The second kappa shape index (κ2) is 5.38. The molecule has 2 atom stereocenters. The molecule has 19 heavy (non-hydrogen) atoms. The summed E-state index contributed by atoms with van der Waals surface area (Å²) in [6.07, 6.45) is -3.81. The Bertz CT molecular complexity index is 366. The van der Waals surface area contributed by atoms with Crippen LogP contribution < -0.4 is 5.32 Å². The number of hydrogen-bond donors (Lipinski definition) is 2. The Morgan fingerprint density at radius 3 is 2.26 bits per heavy atom. The summed E-state index contributed by atoms with van der Waals surface area (Å²) in [5, 5.41) is 11.2. The maximum Gasteiger partial charge on any atom is 0.391 e. The van der Waals surface area contributed by atoms with Crippen LogP contribution in [0.25, 0.3) is 0 Å². The van der Waals surface area contributed by atoms with Gasteiger partial charge in [-0.15, -0.1) is 0 Å². The Labute approximate surface area is 109 Å². The van der Waals surface area contributed by atoms with Crippen molar-refractivity contribution in [1.29, 1.82) is 0 Å². The number of aliphatic carboxylic acids is 1. The van der Waals surface area contributed by atoms with Crippen molar-refractivity contribution >= 4 is 11.9 Å². The lowest BCUT2D eigenvalue weighted by Gasteiger charge is -2.31. The molecular weight excluding hydrogens is 263 g/mol. The fourth-order valence-corrected chi connectivity index (χ4v) is 2.19. The van der Waals surface area contributed by atoms with E-state index in [1.807, 2.05) is 0 Å². The lowest BCUT2D eigenvalue weighted by atomic mass is 9.80. The monoisotopic (exact) mass is 281 g/mol. The molecule has 1 fully saturated rings. The van der Waals surface area contributed by atoms with Crippen LogP contribution in [0.15, 0.2) is 0 Å². The summed E-state index contributed by atoms with van der Waals surface area (Å²) in [4.78, 5) is 22.7. The van der Waals surface area contributed by atoms with Crippen LogP contribution in [0, 0.1) is 11.8 Å². The van der Waals surface area contributed by atoms with Crippen molar-refractivity contribution in [2.24, 2.45) is 11.8 Å². The number of nitrogens with one attached hydrogen (secondary N) is 1. The molecule has 1 rings (SSSR count). The fraction of sp³-hybridized carbons (Fsp3) is 0.833. The Morgan fingerprint density at radius 2 is 1.79 bits per heavy atom. The lowest BCUT2D eigenvalue weighted by molar-refractivity contribution is -0.186. The SMILES string of the molecule is CC(C)(NC(=O)[C@@H]1CCC[C@H](C(F)(F)F)C1)C(=O)O. The summed E-state index contributed by atoms with van der Waals surface area (Å²) in [7, 11) is 0. The molecule has 0 saturated heterocycles. The van der Waals surface area contributed by atoms with E-state index in [2.05, 4.69) is 5.32 Å². The quantitative estimate of drug-likeness (QED) is 0.834. The molecule has 7 heteroatoms. The third-order valence-electron chi connectivity index (χ3n) is 3.48. The Kier molecular flexibility index (Phi) is 4.47. The largest absolute Gasteiger partial charge is 0.480 e. The minimum Gasteiger partial charge on any atom is -0.480 e. The standard InChI is InChI=1S/C12H18F3NO3/c1-11(2,10(18)19)16-9(17)7-4-3-5-8(6-7)12(13,14)15/h7-8H,3-6H2,1-2H3,(H,16,17)(H,18,19)/t7-,8+/m1/s1. The first-order valence-electron chi connectivity index (χ1n) is 6.16. The van der Waals surface area contributed by atoms with E-state index in [1.165, 1.54) is 13.8 Å². The molecule has 0 aromatic heterocycles. The molecule has 1 aliphatic carbocycles. The third-order valence-corrected chi connectivity index (χ3v) is 3.48. The number of carbonyl (C=O) groups is 2. The van der Waals surface area contributed by atoms with Crippen molar-refractivity contribution in [3.05, 3.63) is 0 Å². The van der Waals surface area contributed by atoms with E-state index < -0.39 is 35.4 Å².